The molecule has 15 rings (SSSR count). The third-order valence-electron chi connectivity index (χ3n) is 16.2. The van der Waals surface area contributed by atoms with Crippen LogP contribution in [0.3, 0.4) is 0 Å². The first-order valence-electron chi connectivity index (χ1n) is 29.7. The van der Waals surface area contributed by atoms with Crippen LogP contribution in [0.4, 0.5) is 35.3 Å². The molecule has 0 saturated heterocycles. The molecule has 6 aromatic heterocycles. The molecule has 6 aliphatic rings. The number of aromatic nitrogens is 9. The number of anilines is 3. The van der Waals surface area contributed by atoms with Gasteiger partial charge in [-0.05, 0) is 189 Å². The van der Waals surface area contributed by atoms with Crippen LogP contribution in [-0.4, -0.2) is 107 Å². The van der Waals surface area contributed by atoms with E-state index >= 15 is 0 Å². The first-order valence-corrected chi connectivity index (χ1v) is 32.0. The fourth-order valence-corrected chi connectivity index (χ4v) is 11.4. The van der Waals surface area contributed by atoms with E-state index in [9.17, 15) is 18.3 Å². The highest BCUT2D eigenvalue weighted by atomic mass is 35.5. The monoisotopic (exact) mass is 1250 g/mol. The van der Waals surface area contributed by atoms with Crippen molar-refractivity contribution < 1.29 is 32.5 Å². The minimum Gasteiger partial charge on any atom is -0.446 e. The molecule has 0 spiro atoms. The molecule has 1 unspecified atom stereocenters. The van der Waals surface area contributed by atoms with E-state index < -0.39 is 0 Å². The first kappa shape index (κ1) is 59.8. The topological polar surface area (TPSA) is 213 Å². The molecule has 87 heavy (non-hydrogen) atoms. The van der Waals surface area contributed by atoms with E-state index in [2.05, 4.69) is 50.7 Å². The SMILES string of the molecule is CC(c1ccc2c(n1)CCCN2C(=O)OC1CC1)c1nc2ccc(Cl)cc2[nH]1.CSF.C[C@@H](c1ccc2c(n1)CCCN2C(=O)OC1CC1)c1nc2ccc(Cl)cc2[nH]1.C[C@H](c1ccc2c(n1)CCCN2C(=O)OC1CC1)c1nc2ccc(Cl)cc2[nH]1. The number of pyridine rings is 3. The fourth-order valence-electron chi connectivity index (χ4n) is 10.9. The molecule has 3 N–H and O–H groups in total. The van der Waals surface area contributed by atoms with Crippen LogP contribution in [0.25, 0.3) is 33.1 Å². The predicted molar refractivity (Wildman–Crippen MR) is 339 cm³/mol. The Morgan fingerprint density at radius 3 is 1.01 bits per heavy atom. The quantitative estimate of drug-likeness (QED) is 0.115. The summed E-state index contributed by atoms with van der Waals surface area (Å²) in [6, 6.07) is 28.8. The number of hydrogen-bond donors (Lipinski definition) is 3. The lowest BCUT2D eigenvalue weighted by Crippen LogP contribution is -2.36. The minimum absolute atomic E-state index is 0.00488. The third-order valence-corrected chi connectivity index (χ3v) is 16.9. The number of halogens is 4. The van der Waals surface area contributed by atoms with Crippen molar-refractivity contribution in [3.63, 3.8) is 0 Å². The van der Waals surface area contributed by atoms with Crippen LogP contribution in [0.15, 0.2) is 91.0 Å². The van der Waals surface area contributed by atoms with Crippen LogP contribution >= 0.6 is 47.0 Å². The zero-order chi connectivity index (χ0) is 60.5. The van der Waals surface area contributed by atoms with E-state index in [1.165, 1.54) is 6.26 Å². The summed E-state index contributed by atoms with van der Waals surface area (Å²) in [7, 11) is 0. The van der Waals surface area contributed by atoms with Crippen LogP contribution in [0.1, 0.15) is 148 Å². The number of nitrogens with zero attached hydrogens (tertiary/aromatic N) is 9. The van der Waals surface area contributed by atoms with Crippen molar-refractivity contribution in [3.8, 4) is 0 Å². The Hall–Kier alpha value is -7.52. The summed E-state index contributed by atoms with van der Waals surface area (Å²) in [5, 5.41) is 2.04. The number of nitrogens with one attached hydrogen (secondary N) is 3. The number of aromatic amines is 3. The highest BCUT2D eigenvalue weighted by Gasteiger charge is 2.35. The number of carbonyl (C=O) groups is 3. The second-order valence-electron chi connectivity index (χ2n) is 22.8. The van der Waals surface area contributed by atoms with Crippen molar-refractivity contribution in [2.45, 2.75) is 134 Å². The largest absolute Gasteiger partial charge is 0.446 e. The molecular weight excluding hydrogens is 1190 g/mol. The summed E-state index contributed by atoms with van der Waals surface area (Å²) in [6.07, 6.45) is 12.0. The number of aryl methyl sites for hydroxylation is 3. The Morgan fingerprint density at radius 1 is 0.471 bits per heavy atom. The van der Waals surface area contributed by atoms with Gasteiger partial charge in [0.2, 0.25) is 0 Å². The Bertz CT molecular complexity index is 3620. The van der Waals surface area contributed by atoms with Gasteiger partial charge in [0.15, 0.2) is 0 Å². The molecule has 9 heterocycles. The first-order chi connectivity index (χ1) is 42.2. The van der Waals surface area contributed by atoms with Crippen LogP contribution in [0, 0.1) is 0 Å². The van der Waals surface area contributed by atoms with Gasteiger partial charge in [-0.2, -0.15) is 3.89 Å². The van der Waals surface area contributed by atoms with Gasteiger partial charge in [-0.25, -0.2) is 29.3 Å². The summed E-state index contributed by atoms with van der Waals surface area (Å²) in [5.74, 6) is 2.57. The zero-order valence-electron chi connectivity index (χ0n) is 48.6. The van der Waals surface area contributed by atoms with Gasteiger partial charge in [0, 0.05) is 53.1 Å². The smallest absolute Gasteiger partial charge is 0.414 e. The van der Waals surface area contributed by atoms with Gasteiger partial charge in [-0.1, -0.05) is 34.8 Å². The molecular formula is C64H66Cl3FN12O6S. The molecule has 3 atom stereocenters. The molecule has 3 aliphatic carbocycles. The molecule has 3 fully saturated rings. The lowest BCUT2D eigenvalue weighted by atomic mass is 10.0. The molecule has 0 radical (unpaired) electrons. The summed E-state index contributed by atoms with van der Waals surface area (Å²) >= 11 is 18.5. The number of ether oxygens (including phenoxy) is 3. The van der Waals surface area contributed by atoms with Gasteiger partial charge >= 0.3 is 18.3 Å². The maximum absolute atomic E-state index is 12.4. The number of H-pyrrole nitrogens is 3. The number of fused-ring (bicyclic) bond motifs is 6. The third kappa shape index (κ3) is 13.9. The van der Waals surface area contributed by atoms with Gasteiger partial charge in [-0.15, -0.1) is 0 Å². The van der Waals surface area contributed by atoms with Gasteiger partial charge in [0.05, 0.1) is 102 Å². The van der Waals surface area contributed by atoms with E-state index in [-0.39, 0.29) is 66.5 Å². The van der Waals surface area contributed by atoms with Crippen LogP contribution < -0.4 is 14.7 Å². The molecule has 3 aromatic carbocycles. The molecule has 452 valence electrons. The normalized spacial score (nSPS) is 17.0. The number of hydrogen-bond acceptors (Lipinski definition) is 13. The summed E-state index contributed by atoms with van der Waals surface area (Å²) in [4.78, 5) is 81.2. The maximum Gasteiger partial charge on any atom is 0.414 e. The average molecular weight is 1260 g/mol. The van der Waals surface area contributed by atoms with Crippen molar-refractivity contribution in [1.82, 2.24) is 44.9 Å². The average Bonchev–Trinajstić information content (AvgIpc) is 3.15. The molecule has 0 bridgehead atoms. The summed E-state index contributed by atoms with van der Waals surface area (Å²) in [6.45, 7) is 8.28. The molecule has 3 saturated carbocycles. The van der Waals surface area contributed by atoms with Crippen molar-refractivity contribution in [3.05, 3.63) is 158 Å². The lowest BCUT2D eigenvalue weighted by molar-refractivity contribution is 0.145. The maximum atomic E-state index is 12.4. The minimum atomic E-state index is -0.250. The van der Waals surface area contributed by atoms with Gasteiger partial charge in [0.1, 0.15) is 35.8 Å². The molecule has 9 aromatic rings. The number of carbonyl (C=O) groups excluding carboxylic acids is 3. The van der Waals surface area contributed by atoms with Gasteiger partial charge in [-0.3, -0.25) is 29.7 Å². The predicted octanol–water partition coefficient (Wildman–Crippen LogP) is 15.7. The number of imidazole rings is 3. The molecule has 18 nitrogen and oxygen atoms in total. The molecule has 3 aliphatic heterocycles. The van der Waals surface area contributed by atoms with Gasteiger partial charge < -0.3 is 29.2 Å². The zero-order valence-corrected chi connectivity index (χ0v) is 51.7. The van der Waals surface area contributed by atoms with Crippen molar-refractivity contribution in [2.75, 3.05) is 40.6 Å². The molecule has 23 heteroatoms. The van der Waals surface area contributed by atoms with E-state index in [1.54, 1.807) is 14.7 Å². The number of rotatable bonds is 9. The number of benzene rings is 3. The highest BCUT2D eigenvalue weighted by Crippen LogP contribution is 2.37. The Morgan fingerprint density at radius 2 is 0.747 bits per heavy atom. The fraction of sp³-hybridized carbons (Fsp3) is 0.391. The Balaban J connectivity index is 0.000000124. The molecule has 3 amide bonds. The van der Waals surface area contributed by atoms with Crippen molar-refractivity contribution in [1.29, 1.82) is 0 Å². The van der Waals surface area contributed by atoms with Crippen LogP contribution in [0.2, 0.25) is 15.1 Å². The second kappa shape index (κ2) is 26.1. The van der Waals surface area contributed by atoms with Crippen LogP contribution in [-0.2, 0) is 33.5 Å². The van der Waals surface area contributed by atoms with Crippen LogP contribution in [0.5, 0.6) is 0 Å². The Kier molecular flexibility index (Phi) is 17.9. The van der Waals surface area contributed by atoms with Crippen molar-refractivity contribution >= 4 is 115 Å². The van der Waals surface area contributed by atoms with Crippen molar-refractivity contribution in [2.24, 2.45) is 0 Å². The van der Waals surface area contributed by atoms with E-state index in [4.69, 9.17) is 64.0 Å². The summed E-state index contributed by atoms with van der Waals surface area (Å²) in [5.41, 5.74) is 13.6. The standard InChI is InChI=1S/3C21H21ClN4O2.CH3FS/c3*1-12(20-24-16-7-4-13(22)11-18(16)25-20)15-8-9-19-17(23-15)3-2-10-26(19)21(27)28-14-5-6-14;1-3-2/h3*4,7-9,11-12,14H,2-3,5-6,10H2,1H3,(H,24,25);1H3/t2*12-;;/m10../s1. The van der Waals surface area contributed by atoms with E-state index in [0.29, 0.717) is 34.7 Å². The van der Waals surface area contributed by atoms with Gasteiger partial charge in [0.25, 0.3) is 0 Å². The van der Waals surface area contributed by atoms with E-state index in [1.807, 2.05) is 91.0 Å². The van der Waals surface area contributed by atoms with E-state index in [0.717, 1.165) is 179 Å². The Labute approximate surface area is 522 Å². The highest BCUT2D eigenvalue weighted by molar-refractivity contribution is 7.93. The lowest BCUT2D eigenvalue weighted by Gasteiger charge is -2.28. The second-order valence-corrected chi connectivity index (χ2v) is 24.4. The number of amides is 3. The summed E-state index contributed by atoms with van der Waals surface area (Å²) < 4.78 is 26.7.